The topological polar surface area (TPSA) is 93.7 Å². The molecule has 0 radical (unpaired) electrons. The number of para-hydroxylation sites is 1. The van der Waals surface area contributed by atoms with E-state index in [-0.39, 0.29) is 17.1 Å². The van der Waals surface area contributed by atoms with E-state index in [2.05, 4.69) is 10.0 Å². The van der Waals surface area contributed by atoms with E-state index >= 15 is 0 Å². The van der Waals surface area contributed by atoms with Gasteiger partial charge in [-0.15, -0.1) is 0 Å². The van der Waals surface area contributed by atoms with Crippen LogP contribution in [0.1, 0.15) is 5.56 Å². The normalized spacial score (nSPS) is 12.1. The predicted molar refractivity (Wildman–Crippen MR) is 124 cm³/mol. The van der Waals surface area contributed by atoms with Gasteiger partial charge in [-0.1, -0.05) is 54.1 Å². The standard InChI is InChI=1S/C23H23ClN2O5S/c1-30-21-13-12-17(15-22(21)31-2)32(28,29)26-20(14-16-8-4-3-5-9-16)23(27)25-19-11-7-6-10-18(19)24/h3-13,15,20,26H,14H2,1-2H3,(H,25,27)/t20-/m1/s1. The molecule has 1 atom stereocenters. The fourth-order valence-electron chi connectivity index (χ4n) is 3.06. The SMILES string of the molecule is COc1ccc(S(=O)(=O)N[C@H](Cc2ccccc2)C(=O)Nc2ccccc2Cl)cc1OC. The molecule has 0 aliphatic rings. The lowest BCUT2D eigenvalue weighted by Crippen LogP contribution is -2.45. The first-order valence-corrected chi connectivity index (χ1v) is 11.5. The minimum absolute atomic E-state index is 0.0567. The maximum Gasteiger partial charge on any atom is 0.242 e. The Balaban J connectivity index is 1.90. The number of nitrogens with one attached hydrogen (secondary N) is 2. The number of halogens is 1. The second-order valence-electron chi connectivity index (χ2n) is 6.85. The van der Waals surface area contributed by atoms with E-state index in [1.807, 2.05) is 30.3 Å². The van der Waals surface area contributed by atoms with Crippen molar-refractivity contribution in [1.29, 1.82) is 0 Å². The lowest BCUT2D eigenvalue weighted by molar-refractivity contribution is -0.117. The van der Waals surface area contributed by atoms with Gasteiger partial charge in [-0.25, -0.2) is 8.42 Å². The Kier molecular flexibility index (Phi) is 7.74. The van der Waals surface area contributed by atoms with Crippen molar-refractivity contribution in [2.75, 3.05) is 19.5 Å². The number of carbonyl (C=O) groups is 1. The number of hydrogen-bond acceptors (Lipinski definition) is 5. The third-order valence-corrected chi connectivity index (χ3v) is 6.49. The van der Waals surface area contributed by atoms with E-state index < -0.39 is 22.0 Å². The van der Waals surface area contributed by atoms with Crippen LogP contribution < -0.4 is 19.5 Å². The van der Waals surface area contributed by atoms with Gasteiger partial charge in [-0.2, -0.15) is 4.72 Å². The minimum Gasteiger partial charge on any atom is -0.493 e. The van der Waals surface area contributed by atoms with E-state index in [1.54, 1.807) is 24.3 Å². The molecule has 0 saturated carbocycles. The van der Waals surface area contributed by atoms with Crippen LogP contribution in [-0.2, 0) is 21.2 Å². The molecule has 168 valence electrons. The third kappa shape index (κ3) is 5.79. The number of hydrogen-bond donors (Lipinski definition) is 2. The van der Waals surface area contributed by atoms with Gasteiger partial charge in [0.05, 0.1) is 29.8 Å². The first-order chi connectivity index (χ1) is 15.3. The lowest BCUT2D eigenvalue weighted by Gasteiger charge is -2.20. The van der Waals surface area contributed by atoms with Crippen LogP contribution in [0.25, 0.3) is 0 Å². The second kappa shape index (κ2) is 10.5. The van der Waals surface area contributed by atoms with Crippen LogP contribution in [0.4, 0.5) is 5.69 Å². The highest BCUT2D eigenvalue weighted by Crippen LogP contribution is 2.29. The Hall–Kier alpha value is -3.07. The van der Waals surface area contributed by atoms with Crippen molar-refractivity contribution < 1.29 is 22.7 Å². The van der Waals surface area contributed by atoms with Gasteiger partial charge in [0.15, 0.2) is 11.5 Å². The van der Waals surface area contributed by atoms with E-state index in [0.29, 0.717) is 16.5 Å². The smallest absolute Gasteiger partial charge is 0.242 e. The summed E-state index contributed by atoms with van der Waals surface area (Å²) >= 11 is 6.15. The average molecular weight is 475 g/mol. The number of rotatable bonds is 9. The van der Waals surface area contributed by atoms with Crippen molar-refractivity contribution in [2.24, 2.45) is 0 Å². The van der Waals surface area contributed by atoms with Gasteiger partial charge < -0.3 is 14.8 Å². The molecular weight excluding hydrogens is 452 g/mol. The predicted octanol–water partition coefficient (Wildman–Crippen LogP) is 3.89. The molecule has 32 heavy (non-hydrogen) atoms. The summed E-state index contributed by atoms with van der Waals surface area (Å²) in [6, 6.07) is 19.0. The molecule has 0 heterocycles. The summed E-state index contributed by atoms with van der Waals surface area (Å²) < 4.78 is 39.1. The molecule has 0 spiro atoms. The highest BCUT2D eigenvalue weighted by molar-refractivity contribution is 7.89. The van der Waals surface area contributed by atoms with Crippen LogP contribution in [0.5, 0.6) is 11.5 Å². The Morgan fingerprint density at radius 3 is 2.25 bits per heavy atom. The Labute approximate surface area is 192 Å². The fraction of sp³-hybridized carbons (Fsp3) is 0.174. The lowest BCUT2D eigenvalue weighted by atomic mass is 10.1. The Morgan fingerprint density at radius 1 is 0.938 bits per heavy atom. The molecule has 2 N–H and O–H groups in total. The maximum atomic E-state index is 13.1. The molecule has 3 aromatic carbocycles. The zero-order valence-corrected chi connectivity index (χ0v) is 19.1. The quantitative estimate of drug-likeness (QED) is 0.490. The van der Waals surface area contributed by atoms with E-state index in [4.69, 9.17) is 21.1 Å². The van der Waals surface area contributed by atoms with E-state index in [1.165, 1.54) is 32.4 Å². The molecule has 7 nitrogen and oxygen atoms in total. The molecule has 0 unspecified atom stereocenters. The number of methoxy groups -OCH3 is 2. The first-order valence-electron chi connectivity index (χ1n) is 9.67. The molecule has 0 fully saturated rings. The summed E-state index contributed by atoms with van der Waals surface area (Å²) in [5.41, 5.74) is 1.18. The van der Waals surface area contributed by atoms with Crippen molar-refractivity contribution in [3.63, 3.8) is 0 Å². The van der Waals surface area contributed by atoms with Crippen molar-refractivity contribution >= 4 is 33.2 Å². The highest BCUT2D eigenvalue weighted by Gasteiger charge is 2.27. The number of benzene rings is 3. The van der Waals surface area contributed by atoms with Crippen LogP contribution in [0.15, 0.2) is 77.7 Å². The maximum absolute atomic E-state index is 13.1. The van der Waals surface area contributed by atoms with Crippen molar-refractivity contribution in [3.8, 4) is 11.5 Å². The molecule has 9 heteroatoms. The van der Waals surface area contributed by atoms with Crippen molar-refractivity contribution in [2.45, 2.75) is 17.4 Å². The molecule has 3 aromatic rings. The van der Waals surface area contributed by atoms with Crippen molar-refractivity contribution in [3.05, 3.63) is 83.4 Å². The summed E-state index contributed by atoms with van der Waals surface area (Å²) in [6.45, 7) is 0. The zero-order chi connectivity index (χ0) is 23.1. The van der Waals surface area contributed by atoms with Gasteiger partial charge in [0, 0.05) is 6.07 Å². The molecule has 3 rings (SSSR count). The van der Waals surface area contributed by atoms with Crippen LogP contribution >= 0.6 is 11.6 Å². The Bertz CT molecular complexity index is 1190. The van der Waals surface area contributed by atoms with Gasteiger partial charge in [-0.05, 0) is 36.2 Å². The fourth-order valence-corrected chi connectivity index (χ4v) is 4.45. The molecule has 0 bridgehead atoms. The number of ether oxygens (including phenoxy) is 2. The Morgan fingerprint density at radius 2 is 1.59 bits per heavy atom. The second-order valence-corrected chi connectivity index (χ2v) is 8.97. The summed E-state index contributed by atoms with van der Waals surface area (Å²) in [5.74, 6) is 0.116. The summed E-state index contributed by atoms with van der Waals surface area (Å²) in [7, 11) is -1.19. The van der Waals surface area contributed by atoms with Gasteiger partial charge in [0.2, 0.25) is 15.9 Å². The summed E-state index contributed by atoms with van der Waals surface area (Å²) in [6.07, 6.45) is 0.143. The summed E-state index contributed by atoms with van der Waals surface area (Å²) in [4.78, 5) is 13.0. The highest BCUT2D eigenvalue weighted by atomic mass is 35.5. The van der Waals surface area contributed by atoms with Crippen molar-refractivity contribution in [1.82, 2.24) is 4.72 Å². The molecular formula is C23H23ClN2O5S. The minimum atomic E-state index is -4.06. The van der Waals surface area contributed by atoms with E-state index in [9.17, 15) is 13.2 Å². The zero-order valence-electron chi connectivity index (χ0n) is 17.5. The monoisotopic (exact) mass is 474 g/mol. The number of amides is 1. The number of carbonyl (C=O) groups excluding carboxylic acids is 1. The van der Waals surface area contributed by atoms with Crippen LogP contribution in [0.3, 0.4) is 0 Å². The van der Waals surface area contributed by atoms with Crippen LogP contribution in [0, 0.1) is 0 Å². The van der Waals surface area contributed by atoms with Gasteiger partial charge in [0.25, 0.3) is 0 Å². The van der Waals surface area contributed by atoms with Gasteiger partial charge >= 0.3 is 0 Å². The molecule has 0 saturated heterocycles. The molecule has 0 aliphatic heterocycles. The van der Waals surface area contributed by atoms with Gasteiger partial charge in [-0.3, -0.25) is 4.79 Å². The molecule has 0 aliphatic carbocycles. The van der Waals surface area contributed by atoms with Crippen LogP contribution in [-0.4, -0.2) is 34.6 Å². The van der Waals surface area contributed by atoms with Gasteiger partial charge in [0.1, 0.15) is 6.04 Å². The summed E-state index contributed by atoms with van der Waals surface area (Å²) in [5, 5.41) is 3.05. The largest absolute Gasteiger partial charge is 0.493 e. The van der Waals surface area contributed by atoms with E-state index in [0.717, 1.165) is 5.56 Å². The third-order valence-electron chi connectivity index (χ3n) is 4.69. The number of sulfonamides is 1. The first kappa shape index (κ1) is 23.6. The molecule has 0 aromatic heterocycles. The number of anilines is 1. The molecule has 1 amide bonds. The average Bonchev–Trinajstić information content (AvgIpc) is 2.80. The van der Waals surface area contributed by atoms with Crippen LogP contribution in [0.2, 0.25) is 5.02 Å².